The van der Waals surface area contributed by atoms with Crippen molar-refractivity contribution in [1.29, 1.82) is 0 Å². The summed E-state index contributed by atoms with van der Waals surface area (Å²) >= 11 is 0. The molecule has 92 valence electrons. The van der Waals surface area contributed by atoms with Gasteiger partial charge in [0.2, 0.25) is 5.76 Å². The molecule has 0 unspecified atom stereocenters. The second-order valence-corrected chi connectivity index (χ2v) is 4.24. The Hall–Kier alpha value is -2.23. The van der Waals surface area contributed by atoms with Gasteiger partial charge in [0.1, 0.15) is 11.5 Å². The second kappa shape index (κ2) is 4.22. The van der Waals surface area contributed by atoms with E-state index in [9.17, 15) is 4.79 Å². The molecule has 0 spiro atoms. The van der Waals surface area contributed by atoms with Crippen LogP contribution in [0.3, 0.4) is 0 Å². The van der Waals surface area contributed by atoms with E-state index < -0.39 is 5.97 Å². The summed E-state index contributed by atoms with van der Waals surface area (Å²) in [7, 11) is 0. The first kappa shape index (κ1) is 10.9. The molecule has 1 aliphatic rings. The van der Waals surface area contributed by atoms with Gasteiger partial charge < -0.3 is 14.3 Å². The largest absolute Gasteiger partial charge is 0.493 e. The standard InChI is InChI=1S/C14H12O4/c15-14(16)13-6-5-12(18-13)10-3-4-11-9(8-10)2-1-7-17-11/h3-6,8H,1-2,7H2,(H,15,16). The van der Waals surface area contributed by atoms with Crippen LogP contribution in [0.15, 0.2) is 34.7 Å². The molecular formula is C14H12O4. The van der Waals surface area contributed by atoms with Gasteiger partial charge in [-0.3, -0.25) is 0 Å². The number of carboxylic acids is 1. The summed E-state index contributed by atoms with van der Waals surface area (Å²) in [4.78, 5) is 10.8. The number of aromatic carboxylic acids is 1. The van der Waals surface area contributed by atoms with Crippen molar-refractivity contribution < 1.29 is 19.1 Å². The van der Waals surface area contributed by atoms with Crippen molar-refractivity contribution >= 4 is 5.97 Å². The Morgan fingerprint density at radius 2 is 2.11 bits per heavy atom. The summed E-state index contributed by atoms with van der Waals surface area (Å²) in [6, 6.07) is 8.93. The number of rotatable bonds is 2. The second-order valence-electron chi connectivity index (χ2n) is 4.24. The SMILES string of the molecule is O=C(O)c1ccc(-c2ccc3c(c2)CCCO3)o1. The molecule has 0 radical (unpaired) electrons. The van der Waals surface area contributed by atoms with Crippen molar-refractivity contribution in [2.75, 3.05) is 6.61 Å². The van der Waals surface area contributed by atoms with Crippen molar-refractivity contribution in [2.24, 2.45) is 0 Å². The van der Waals surface area contributed by atoms with Gasteiger partial charge >= 0.3 is 5.97 Å². The van der Waals surface area contributed by atoms with Crippen molar-refractivity contribution in [3.05, 3.63) is 41.7 Å². The smallest absolute Gasteiger partial charge is 0.371 e. The van der Waals surface area contributed by atoms with Gasteiger partial charge in [0.05, 0.1) is 6.61 Å². The maximum Gasteiger partial charge on any atom is 0.371 e. The Labute approximate surface area is 104 Å². The normalized spacial score (nSPS) is 13.8. The molecule has 0 fully saturated rings. The zero-order chi connectivity index (χ0) is 12.5. The third-order valence-corrected chi connectivity index (χ3v) is 3.01. The first-order valence-electron chi connectivity index (χ1n) is 5.83. The monoisotopic (exact) mass is 244 g/mol. The van der Waals surface area contributed by atoms with Crippen LogP contribution < -0.4 is 4.74 Å². The lowest BCUT2D eigenvalue weighted by Gasteiger charge is -2.17. The van der Waals surface area contributed by atoms with Crippen LogP contribution in [0.25, 0.3) is 11.3 Å². The number of ether oxygens (including phenoxy) is 1. The fourth-order valence-corrected chi connectivity index (χ4v) is 2.12. The zero-order valence-electron chi connectivity index (χ0n) is 9.68. The molecule has 0 saturated heterocycles. The van der Waals surface area contributed by atoms with E-state index in [2.05, 4.69) is 0 Å². The van der Waals surface area contributed by atoms with Crippen LogP contribution in [0.5, 0.6) is 5.75 Å². The molecule has 2 heterocycles. The molecule has 1 N–H and O–H groups in total. The third kappa shape index (κ3) is 1.86. The number of hydrogen-bond acceptors (Lipinski definition) is 3. The lowest BCUT2D eigenvalue weighted by Crippen LogP contribution is -2.07. The minimum atomic E-state index is -1.05. The van der Waals surface area contributed by atoms with Gasteiger partial charge in [0.25, 0.3) is 0 Å². The zero-order valence-corrected chi connectivity index (χ0v) is 9.68. The minimum Gasteiger partial charge on any atom is -0.493 e. The third-order valence-electron chi connectivity index (χ3n) is 3.01. The van der Waals surface area contributed by atoms with E-state index >= 15 is 0 Å². The maximum atomic E-state index is 10.8. The number of furan rings is 1. The molecule has 4 heteroatoms. The lowest BCUT2D eigenvalue weighted by atomic mass is 10.0. The fraction of sp³-hybridized carbons (Fsp3) is 0.214. The molecule has 1 aromatic heterocycles. The van der Waals surface area contributed by atoms with Crippen molar-refractivity contribution in [3.8, 4) is 17.1 Å². The minimum absolute atomic E-state index is 0.0426. The maximum absolute atomic E-state index is 10.8. The Bertz CT molecular complexity index is 598. The van der Waals surface area contributed by atoms with Crippen LogP contribution in [-0.4, -0.2) is 17.7 Å². The number of benzene rings is 1. The van der Waals surface area contributed by atoms with Crippen molar-refractivity contribution in [2.45, 2.75) is 12.8 Å². The predicted molar refractivity (Wildman–Crippen MR) is 64.9 cm³/mol. The Kier molecular flexibility index (Phi) is 2.55. The highest BCUT2D eigenvalue weighted by molar-refractivity contribution is 5.85. The van der Waals surface area contributed by atoms with E-state index in [1.54, 1.807) is 6.07 Å². The average Bonchev–Trinajstić information content (AvgIpc) is 2.88. The number of fused-ring (bicyclic) bond motifs is 1. The van der Waals surface area contributed by atoms with Gasteiger partial charge in [0, 0.05) is 5.56 Å². The van der Waals surface area contributed by atoms with Crippen LogP contribution in [0.4, 0.5) is 0 Å². The summed E-state index contributed by atoms with van der Waals surface area (Å²) < 4.78 is 10.8. The molecule has 1 aromatic carbocycles. The van der Waals surface area contributed by atoms with Gasteiger partial charge in [-0.05, 0) is 48.7 Å². The highest BCUT2D eigenvalue weighted by Gasteiger charge is 2.14. The molecule has 2 aromatic rings. The Morgan fingerprint density at radius 1 is 1.22 bits per heavy atom. The van der Waals surface area contributed by atoms with E-state index in [0.29, 0.717) is 5.76 Å². The molecule has 0 aliphatic carbocycles. The predicted octanol–water partition coefficient (Wildman–Crippen LogP) is 2.97. The topological polar surface area (TPSA) is 59.7 Å². The molecule has 0 atom stereocenters. The highest BCUT2D eigenvalue weighted by atomic mass is 16.5. The molecular weight excluding hydrogens is 232 g/mol. The first-order valence-corrected chi connectivity index (χ1v) is 5.83. The molecule has 0 bridgehead atoms. The first-order chi connectivity index (χ1) is 8.74. The molecule has 0 amide bonds. The van der Waals surface area contributed by atoms with Crippen LogP contribution >= 0.6 is 0 Å². The summed E-state index contributed by atoms with van der Waals surface area (Å²) in [5, 5.41) is 8.82. The van der Waals surface area contributed by atoms with E-state index in [0.717, 1.165) is 36.3 Å². The summed E-state index contributed by atoms with van der Waals surface area (Å²) in [5.41, 5.74) is 2.03. The number of hydrogen-bond donors (Lipinski definition) is 1. The number of carboxylic acid groups (broad SMARTS) is 1. The molecule has 0 saturated carbocycles. The lowest BCUT2D eigenvalue weighted by molar-refractivity contribution is 0.0663. The Morgan fingerprint density at radius 3 is 2.89 bits per heavy atom. The summed E-state index contributed by atoms with van der Waals surface area (Å²) in [6.07, 6.45) is 1.99. The van der Waals surface area contributed by atoms with E-state index in [1.807, 2.05) is 18.2 Å². The highest BCUT2D eigenvalue weighted by Crippen LogP contribution is 2.30. The number of aryl methyl sites for hydroxylation is 1. The van der Waals surface area contributed by atoms with Gasteiger partial charge in [-0.15, -0.1) is 0 Å². The van der Waals surface area contributed by atoms with Gasteiger partial charge in [-0.25, -0.2) is 4.79 Å². The fourth-order valence-electron chi connectivity index (χ4n) is 2.12. The van der Waals surface area contributed by atoms with Gasteiger partial charge in [0.15, 0.2) is 0 Å². The van der Waals surface area contributed by atoms with E-state index in [-0.39, 0.29) is 5.76 Å². The summed E-state index contributed by atoms with van der Waals surface area (Å²) in [6.45, 7) is 0.760. The molecule has 18 heavy (non-hydrogen) atoms. The molecule has 4 nitrogen and oxygen atoms in total. The quantitative estimate of drug-likeness (QED) is 0.882. The average molecular weight is 244 g/mol. The van der Waals surface area contributed by atoms with Crippen LogP contribution in [0.2, 0.25) is 0 Å². The van der Waals surface area contributed by atoms with Crippen molar-refractivity contribution in [1.82, 2.24) is 0 Å². The van der Waals surface area contributed by atoms with Crippen LogP contribution in [0.1, 0.15) is 22.5 Å². The van der Waals surface area contributed by atoms with Crippen LogP contribution in [0, 0.1) is 0 Å². The molecule has 1 aliphatic heterocycles. The number of carbonyl (C=O) groups is 1. The van der Waals surface area contributed by atoms with Crippen molar-refractivity contribution in [3.63, 3.8) is 0 Å². The van der Waals surface area contributed by atoms with Gasteiger partial charge in [-0.2, -0.15) is 0 Å². The van der Waals surface area contributed by atoms with E-state index in [1.165, 1.54) is 6.07 Å². The summed E-state index contributed by atoms with van der Waals surface area (Å²) in [5.74, 6) is 0.386. The van der Waals surface area contributed by atoms with Gasteiger partial charge in [-0.1, -0.05) is 0 Å². The van der Waals surface area contributed by atoms with Crippen LogP contribution in [-0.2, 0) is 6.42 Å². The van der Waals surface area contributed by atoms with E-state index in [4.69, 9.17) is 14.3 Å². The Balaban J connectivity index is 1.98. The molecule has 3 rings (SSSR count).